The molecule has 0 fully saturated rings. The molecule has 0 amide bonds. The van der Waals surface area contributed by atoms with E-state index in [1.54, 1.807) is 6.07 Å². The standard InChI is InChI=1S/C15H9BrF3N5O2/c16-12-3-1-9(5-21-12)26-13-4-2-10(14(23-13)15(17,18)19)11(25)6-24-8-20-7-22-24/h1-5,7-8H,6H2. The highest BCUT2D eigenvalue weighted by Gasteiger charge is 2.37. The number of alkyl halides is 3. The van der Waals surface area contributed by atoms with Crippen LogP contribution in [0.5, 0.6) is 11.6 Å². The molecule has 0 atom stereocenters. The fourth-order valence-electron chi connectivity index (χ4n) is 2.03. The molecule has 3 rings (SSSR count). The van der Waals surface area contributed by atoms with Crippen LogP contribution in [-0.2, 0) is 12.7 Å². The smallest absolute Gasteiger partial charge is 0.434 e. The number of ketones is 1. The molecular weight excluding hydrogens is 419 g/mol. The maximum Gasteiger partial charge on any atom is 0.434 e. The van der Waals surface area contributed by atoms with Gasteiger partial charge in [0, 0.05) is 6.07 Å². The fourth-order valence-corrected chi connectivity index (χ4v) is 2.26. The molecule has 0 bridgehead atoms. The Morgan fingerprint density at radius 2 is 2.04 bits per heavy atom. The number of hydrogen-bond acceptors (Lipinski definition) is 6. The van der Waals surface area contributed by atoms with Crippen LogP contribution in [-0.4, -0.2) is 30.5 Å². The highest BCUT2D eigenvalue weighted by Crippen LogP contribution is 2.33. The van der Waals surface area contributed by atoms with Crippen molar-refractivity contribution in [3.8, 4) is 11.6 Å². The summed E-state index contributed by atoms with van der Waals surface area (Å²) >= 11 is 3.14. The predicted octanol–water partition coefficient (Wildman–Crippen LogP) is 3.52. The van der Waals surface area contributed by atoms with Crippen molar-refractivity contribution in [1.82, 2.24) is 24.7 Å². The molecule has 0 spiro atoms. The molecule has 0 saturated carbocycles. The van der Waals surface area contributed by atoms with Crippen molar-refractivity contribution in [3.05, 3.63) is 59.0 Å². The summed E-state index contributed by atoms with van der Waals surface area (Å²) in [5.74, 6) is -0.901. The zero-order valence-corrected chi connectivity index (χ0v) is 14.4. The zero-order valence-electron chi connectivity index (χ0n) is 12.8. The van der Waals surface area contributed by atoms with Crippen molar-refractivity contribution in [2.45, 2.75) is 12.7 Å². The average Bonchev–Trinajstić information content (AvgIpc) is 3.09. The normalized spacial score (nSPS) is 11.4. The van der Waals surface area contributed by atoms with Crippen LogP contribution in [0.15, 0.2) is 47.7 Å². The van der Waals surface area contributed by atoms with E-state index < -0.39 is 23.2 Å². The summed E-state index contributed by atoms with van der Waals surface area (Å²) in [5, 5.41) is 3.70. The molecule has 3 aromatic rings. The second kappa shape index (κ2) is 7.20. The number of halogens is 4. The maximum absolute atomic E-state index is 13.3. The van der Waals surface area contributed by atoms with Crippen LogP contribution in [0.3, 0.4) is 0 Å². The summed E-state index contributed by atoms with van der Waals surface area (Å²) in [4.78, 5) is 23.2. The lowest BCUT2D eigenvalue weighted by molar-refractivity contribution is -0.141. The number of ether oxygens (including phenoxy) is 1. The van der Waals surface area contributed by atoms with Crippen LogP contribution >= 0.6 is 15.9 Å². The summed E-state index contributed by atoms with van der Waals surface area (Å²) in [7, 11) is 0. The Balaban J connectivity index is 1.90. The Kier molecular flexibility index (Phi) is 4.98. The topological polar surface area (TPSA) is 82.8 Å². The van der Waals surface area contributed by atoms with Gasteiger partial charge in [0.05, 0.1) is 11.8 Å². The molecule has 0 unspecified atom stereocenters. The quantitative estimate of drug-likeness (QED) is 0.457. The van der Waals surface area contributed by atoms with Crippen LogP contribution < -0.4 is 4.74 Å². The van der Waals surface area contributed by atoms with E-state index in [-0.39, 0.29) is 18.2 Å². The molecule has 26 heavy (non-hydrogen) atoms. The first-order chi connectivity index (χ1) is 12.3. The highest BCUT2D eigenvalue weighted by molar-refractivity contribution is 9.10. The average molecular weight is 428 g/mol. The number of hydrogen-bond donors (Lipinski definition) is 0. The van der Waals surface area contributed by atoms with Crippen LogP contribution in [0, 0.1) is 0 Å². The molecule has 0 radical (unpaired) electrons. The van der Waals surface area contributed by atoms with Gasteiger partial charge in [0.25, 0.3) is 0 Å². The Morgan fingerprint density at radius 3 is 2.65 bits per heavy atom. The summed E-state index contributed by atoms with van der Waals surface area (Å²) in [6, 6.07) is 5.29. The van der Waals surface area contributed by atoms with Crippen molar-refractivity contribution in [2.75, 3.05) is 0 Å². The van der Waals surface area contributed by atoms with E-state index in [0.717, 1.165) is 10.7 Å². The van der Waals surface area contributed by atoms with Gasteiger partial charge in [-0.25, -0.2) is 19.6 Å². The number of nitrogens with zero attached hydrogens (tertiary/aromatic N) is 5. The van der Waals surface area contributed by atoms with E-state index >= 15 is 0 Å². The lowest BCUT2D eigenvalue weighted by atomic mass is 10.1. The van der Waals surface area contributed by atoms with E-state index in [4.69, 9.17) is 4.74 Å². The first-order valence-corrected chi connectivity index (χ1v) is 7.85. The van der Waals surface area contributed by atoms with Gasteiger partial charge in [0.1, 0.15) is 29.6 Å². The molecule has 0 N–H and O–H groups in total. The van der Waals surface area contributed by atoms with Gasteiger partial charge in [-0.1, -0.05) is 0 Å². The van der Waals surface area contributed by atoms with Gasteiger partial charge in [0.15, 0.2) is 11.5 Å². The number of aromatic nitrogens is 5. The summed E-state index contributed by atoms with van der Waals surface area (Å²) in [6.45, 7) is -0.387. The molecule has 0 saturated heterocycles. The third-order valence-electron chi connectivity index (χ3n) is 3.13. The van der Waals surface area contributed by atoms with Crippen molar-refractivity contribution in [3.63, 3.8) is 0 Å². The lowest BCUT2D eigenvalue weighted by Crippen LogP contribution is -2.19. The number of Topliss-reactive ketones (excluding diaryl/α,β-unsaturated/α-hetero) is 1. The van der Waals surface area contributed by atoms with Crippen LogP contribution in [0.4, 0.5) is 13.2 Å². The van der Waals surface area contributed by atoms with Gasteiger partial charge in [-0.3, -0.25) is 4.79 Å². The number of carbonyl (C=O) groups is 1. The minimum atomic E-state index is -4.83. The van der Waals surface area contributed by atoms with Crippen molar-refractivity contribution < 1.29 is 22.7 Å². The van der Waals surface area contributed by atoms with E-state index in [2.05, 4.69) is 36.0 Å². The van der Waals surface area contributed by atoms with Gasteiger partial charge >= 0.3 is 6.18 Å². The zero-order chi connectivity index (χ0) is 18.7. The summed E-state index contributed by atoms with van der Waals surface area (Å²) in [5.41, 5.74) is -1.90. The van der Waals surface area contributed by atoms with E-state index in [1.807, 2.05) is 0 Å². The Hall–Kier alpha value is -2.82. The third kappa shape index (κ3) is 4.23. The molecule has 0 aliphatic rings. The number of pyridine rings is 2. The summed E-state index contributed by atoms with van der Waals surface area (Å²) in [6.07, 6.45) is -1.09. The van der Waals surface area contributed by atoms with Gasteiger partial charge < -0.3 is 4.74 Å². The predicted molar refractivity (Wildman–Crippen MR) is 85.6 cm³/mol. The van der Waals surface area contributed by atoms with Gasteiger partial charge in [-0.05, 0) is 34.1 Å². The third-order valence-corrected chi connectivity index (χ3v) is 3.60. The molecule has 134 valence electrons. The monoisotopic (exact) mass is 427 g/mol. The molecule has 0 aliphatic heterocycles. The first-order valence-electron chi connectivity index (χ1n) is 7.06. The van der Waals surface area contributed by atoms with E-state index in [9.17, 15) is 18.0 Å². The minimum Gasteiger partial charge on any atom is -0.437 e. The molecule has 7 nitrogen and oxygen atoms in total. The SMILES string of the molecule is O=C(Cn1cncn1)c1ccc(Oc2ccc(Br)nc2)nc1C(F)(F)F. The van der Waals surface area contributed by atoms with Gasteiger partial charge in [0.2, 0.25) is 5.88 Å². The van der Waals surface area contributed by atoms with Crippen LogP contribution in [0.25, 0.3) is 0 Å². The molecule has 11 heteroatoms. The Morgan fingerprint density at radius 1 is 1.23 bits per heavy atom. The van der Waals surface area contributed by atoms with Gasteiger partial charge in [-0.2, -0.15) is 18.3 Å². The number of rotatable bonds is 5. The second-order valence-corrected chi connectivity index (χ2v) is 5.79. The van der Waals surface area contributed by atoms with E-state index in [0.29, 0.717) is 4.60 Å². The second-order valence-electron chi connectivity index (χ2n) is 4.98. The Labute approximate surface area is 153 Å². The lowest BCUT2D eigenvalue weighted by Gasteiger charge is -2.13. The molecule has 3 heterocycles. The fraction of sp³-hybridized carbons (Fsp3) is 0.133. The van der Waals surface area contributed by atoms with Crippen molar-refractivity contribution in [1.29, 1.82) is 0 Å². The summed E-state index contributed by atoms with van der Waals surface area (Å²) < 4.78 is 47.0. The minimum absolute atomic E-state index is 0.204. The molecule has 3 aromatic heterocycles. The molecule has 0 aliphatic carbocycles. The van der Waals surface area contributed by atoms with E-state index in [1.165, 1.54) is 31.0 Å². The van der Waals surface area contributed by atoms with Crippen LogP contribution in [0.2, 0.25) is 0 Å². The van der Waals surface area contributed by atoms with Gasteiger partial charge in [-0.15, -0.1) is 0 Å². The molecule has 0 aromatic carbocycles. The Bertz CT molecular complexity index is 914. The van der Waals surface area contributed by atoms with Crippen molar-refractivity contribution >= 4 is 21.7 Å². The molecular formula is C15H9BrF3N5O2. The largest absolute Gasteiger partial charge is 0.437 e. The highest BCUT2D eigenvalue weighted by atomic mass is 79.9. The van der Waals surface area contributed by atoms with Crippen molar-refractivity contribution in [2.24, 2.45) is 0 Å². The number of carbonyl (C=O) groups excluding carboxylic acids is 1. The van der Waals surface area contributed by atoms with Crippen LogP contribution in [0.1, 0.15) is 16.1 Å². The maximum atomic E-state index is 13.3. The first kappa shape index (κ1) is 18.0.